The van der Waals surface area contributed by atoms with E-state index in [1.807, 2.05) is 0 Å². The van der Waals surface area contributed by atoms with E-state index >= 15 is 0 Å². The molecule has 9 heteroatoms. The number of aromatic nitrogens is 1. The minimum atomic E-state index is -4.58. The molecule has 0 aliphatic rings. The Balaban J connectivity index is 2.01. The van der Waals surface area contributed by atoms with E-state index < -0.39 is 24.3 Å². The zero-order valence-corrected chi connectivity index (χ0v) is 15.8. The molecule has 1 amide bonds. The van der Waals surface area contributed by atoms with Gasteiger partial charge in [-0.15, -0.1) is 0 Å². The van der Waals surface area contributed by atoms with Crippen LogP contribution < -0.4 is 10.5 Å². The molecule has 0 spiro atoms. The molecule has 1 aromatic heterocycles. The van der Waals surface area contributed by atoms with Crippen molar-refractivity contribution in [2.45, 2.75) is 19.3 Å². The second-order valence-electron chi connectivity index (χ2n) is 6.87. The molecule has 4 rings (SSSR count). The van der Waals surface area contributed by atoms with Crippen LogP contribution in [0, 0.1) is 0 Å². The number of benzene rings is 3. The summed E-state index contributed by atoms with van der Waals surface area (Å²) in [5, 5.41) is 0.788. The van der Waals surface area contributed by atoms with Gasteiger partial charge in [0.05, 0.1) is 23.1 Å². The highest BCUT2D eigenvalue weighted by molar-refractivity contribution is 6.18. The van der Waals surface area contributed by atoms with Crippen LogP contribution in [-0.4, -0.2) is 17.1 Å². The number of nitrogens with zero attached hydrogens (tertiary/aromatic N) is 1. The number of hydrogen-bond acceptors (Lipinski definition) is 2. The summed E-state index contributed by atoms with van der Waals surface area (Å²) in [6, 6.07) is 13.9. The lowest BCUT2D eigenvalue weighted by atomic mass is 10.0. The van der Waals surface area contributed by atoms with Crippen molar-refractivity contribution in [1.82, 2.24) is 4.57 Å². The molecular weight excluding hydrogens is 419 g/mol. The minimum Gasteiger partial charge on any atom is -0.434 e. The van der Waals surface area contributed by atoms with Gasteiger partial charge in [-0.25, -0.2) is 0 Å². The average Bonchev–Trinajstić information content (AvgIpc) is 3.01. The van der Waals surface area contributed by atoms with Gasteiger partial charge in [-0.2, -0.15) is 22.0 Å². The lowest BCUT2D eigenvalue weighted by Crippen LogP contribution is -2.11. The molecule has 31 heavy (non-hydrogen) atoms. The fraction of sp³-hybridized carbons (Fsp3) is 0.136. The number of nitrogens with two attached hydrogens (primary N) is 1. The lowest BCUT2D eigenvalue weighted by Gasteiger charge is -2.14. The van der Waals surface area contributed by atoms with Crippen LogP contribution in [0.25, 0.3) is 21.8 Å². The average molecular weight is 434 g/mol. The van der Waals surface area contributed by atoms with E-state index in [4.69, 9.17) is 5.73 Å². The Labute approximate surface area is 172 Å². The van der Waals surface area contributed by atoms with Crippen LogP contribution in [0.2, 0.25) is 0 Å². The van der Waals surface area contributed by atoms with E-state index in [0.717, 1.165) is 12.1 Å². The Kier molecular flexibility index (Phi) is 5.04. The Hall–Kier alpha value is -3.62. The van der Waals surface area contributed by atoms with Crippen LogP contribution in [0.1, 0.15) is 21.5 Å². The Morgan fingerprint density at radius 1 is 1.00 bits per heavy atom. The molecule has 0 fully saturated rings. The maximum absolute atomic E-state index is 13.4. The molecule has 0 aliphatic carbocycles. The zero-order chi connectivity index (χ0) is 22.3. The van der Waals surface area contributed by atoms with Crippen molar-refractivity contribution in [1.29, 1.82) is 0 Å². The summed E-state index contributed by atoms with van der Waals surface area (Å²) in [7, 11) is 0. The van der Waals surface area contributed by atoms with Crippen molar-refractivity contribution in [2.24, 2.45) is 5.73 Å². The van der Waals surface area contributed by atoms with Gasteiger partial charge in [-0.3, -0.25) is 4.79 Å². The molecule has 0 radical (unpaired) electrons. The van der Waals surface area contributed by atoms with Gasteiger partial charge in [0, 0.05) is 21.9 Å². The fourth-order valence-corrected chi connectivity index (χ4v) is 3.71. The van der Waals surface area contributed by atoms with Gasteiger partial charge in [0.2, 0.25) is 5.91 Å². The van der Waals surface area contributed by atoms with Gasteiger partial charge in [-0.05, 0) is 30.3 Å². The molecule has 2 N–H and O–H groups in total. The van der Waals surface area contributed by atoms with Crippen LogP contribution in [0.4, 0.5) is 22.0 Å². The largest absolute Gasteiger partial charge is 0.434 e. The van der Waals surface area contributed by atoms with E-state index in [2.05, 4.69) is 4.74 Å². The number of primary amides is 1. The molecule has 0 unspecified atom stereocenters. The van der Waals surface area contributed by atoms with Gasteiger partial charge in [0.25, 0.3) is 0 Å². The summed E-state index contributed by atoms with van der Waals surface area (Å²) in [5.74, 6) is -0.823. The zero-order valence-electron chi connectivity index (χ0n) is 15.8. The van der Waals surface area contributed by atoms with Crippen molar-refractivity contribution in [2.75, 3.05) is 0 Å². The monoisotopic (exact) mass is 434 g/mol. The third kappa shape index (κ3) is 3.78. The van der Waals surface area contributed by atoms with Crippen LogP contribution in [0.3, 0.4) is 0 Å². The number of ether oxygens (including phenoxy) is 1. The highest BCUT2D eigenvalue weighted by atomic mass is 19.4. The number of halogens is 5. The lowest BCUT2D eigenvalue weighted by molar-refractivity contribution is -0.137. The number of fused-ring (bicyclic) bond motifs is 3. The number of hydrogen-bond donors (Lipinski definition) is 1. The molecule has 0 saturated heterocycles. The smallest absolute Gasteiger partial charge is 0.416 e. The number of alkyl halides is 5. The second kappa shape index (κ2) is 7.57. The van der Waals surface area contributed by atoms with Gasteiger partial charge >= 0.3 is 12.8 Å². The van der Waals surface area contributed by atoms with Crippen molar-refractivity contribution in [3.63, 3.8) is 0 Å². The predicted molar refractivity (Wildman–Crippen MR) is 105 cm³/mol. The highest BCUT2D eigenvalue weighted by Gasteiger charge is 2.31. The summed E-state index contributed by atoms with van der Waals surface area (Å²) < 4.78 is 71.8. The first-order valence-corrected chi connectivity index (χ1v) is 9.11. The summed E-state index contributed by atoms with van der Waals surface area (Å²) in [5.41, 5.74) is 5.72. The standard InChI is InChI=1S/C22H15F5N2O2/c23-21(24)31-18-7-2-1-4-12(18)11-29-16-6-3-5-15(20(28)30)19(16)14-9-8-13(10-17(14)29)22(25,26)27/h1-10,21H,11H2,(H2,28,30). The molecule has 0 saturated carbocycles. The van der Waals surface area contributed by atoms with Crippen molar-refractivity contribution in [3.8, 4) is 5.75 Å². The maximum Gasteiger partial charge on any atom is 0.416 e. The van der Waals surface area contributed by atoms with Gasteiger partial charge in [-0.1, -0.05) is 30.3 Å². The highest BCUT2D eigenvalue weighted by Crippen LogP contribution is 2.37. The Morgan fingerprint density at radius 2 is 1.74 bits per heavy atom. The molecular formula is C22H15F5N2O2. The molecule has 0 bridgehead atoms. The number of para-hydroxylation sites is 1. The molecule has 3 aromatic carbocycles. The Bertz CT molecular complexity index is 1290. The third-order valence-corrected chi connectivity index (χ3v) is 5.00. The topological polar surface area (TPSA) is 57.2 Å². The summed E-state index contributed by atoms with van der Waals surface area (Å²) in [6.45, 7) is -3.12. The maximum atomic E-state index is 13.4. The summed E-state index contributed by atoms with van der Waals surface area (Å²) in [6.07, 6.45) is -4.58. The first kappa shape index (κ1) is 20.6. The molecule has 0 aliphatic heterocycles. The van der Waals surface area contributed by atoms with E-state index in [-0.39, 0.29) is 23.4 Å². The SMILES string of the molecule is NC(=O)c1cccc2c1c1ccc(C(F)(F)F)cc1n2Cc1ccccc1OC(F)F. The van der Waals surface area contributed by atoms with Gasteiger partial charge in [0.1, 0.15) is 5.75 Å². The molecule has 1 heterocycles. The quantitative estimate of drug-likeness (QED) is 0.418. The molecule has 4 aromatic rings. The minimum absolute atomic E-state index is 0.0631. The Morgan fingerprint density at radius 3 is 2.42 bits per heavy atom. The first-order valence-electron chi connectivity index (χ1n) is 9.11. The van der Waals surface area contributed by atoms with E-state index in [0.29, 0.717) is 21.9 Å². The van der Waals surface area contributed by atoms with Gasteiger partial charge in [0.15, 0.2) is 0 Å². The number of carbonyl (C=O) groups is 1. The second-order valence-corrected chi connectivity index (χ2v) is 6.87. The number of amides is 1. The van der Waals surface area contributed by atoms with Gasteiger partial charge < -0.3 is 15.0 Å². The van der Waals surface area contributed by atoms with E-state index in [1.54, 1.807) is 24.3 Å². The molecule has 160 valence electrons. The predicted octanol–water partition coefficient (Wildman–Crippen LogP) is 5.56. The van der Waals surface area contributed by atoms with Crippen LogP contribution in [-0.2, 0) is 12.7 Å². The van der Waals surface area contributed by atoms with Crippen LogP contribution in [0.5, 0.6) is 5.75 Å². The normalized spacial score (nSPS) is 12.1. The molecule has 0 atom stereocenters. The first-order chi connectivity index (χ1) is 14.7. The number of carbonyl (C=O) groups excluding carboxylic acids is 1. The fourth-order valence-electron chi connectivity index (χ4n) is 3.71. The third-order valence-electron chi connectivity index (χ3n) is 5.00. The summed E-state index contributed by atoms with van der Waals surface area (Å²) >= 11 is 0. The van der Waals surface area contributed by atoms with Crippen LogP contribution >= 0.6 is 0 Å². The van der Waals surface area contributed by atoms with Crippen LogP contribution in [0.15, 0.2) is 60.7 Å². The van der Waals surface area contributed by atoms with Crippen molar-refractivity contribution < 1.29 is 31.5 Å². The number of rotatable bonds is 5. The summed E-state index contributed by atoms with van der Waals surface area (Å²) in [4.78, 5) is 12.0. The van der Waals surface area contributed by atoms with Crippen molar-refractivity contribution >= 4 is 27.7 Å². The van der Waals surface area contributed by atoms with E-state index in [9.17, 15) is 26.7 Å². The molecule has 4 nitrogen and oxygen atoms in total. The van der Waals surface area contributed by atoms with Crippen molar-refractivity contribution in [3.05, 3.63) is 77.4 Å². The van der Waals surface area contributed by atoms with E-state index in [1.165, 1.54) is 28.8 Å².